The molecule has 0 heterocycles. The minimum absolute atomic E-state index is 0.113. The van der Waals surface area contributed by atoms with Gasteiger partial charge in [-0.1, -0.05) is 22.0 Å². The molecule has 16 heavy (non-hydrogen) atoms. The predicted molar refractivity (Wildman–Crippen MR) is 65.0 cm³/mol. The number of halogens is 1. The van der Waals surface area contributed by atoms with Crippen molar-refractivity contribution in [3.8, 4) is 11.8 Å². The van der Waals surface area contributed by atoms with E-state index in [2.05, 4.69) is 15.9 Å². The lowest BCUT2D eigenvalue weighted by Gasteiger charge is -2.09. The molecule has 1 unspecified atom stereocenters. The average Bonchev–Trinajstić information content (AvgIpc) is 2.28. The summed E-state index contributed by atoms with van der Waals surface area (Å²) in [6, 6.07) is 7.07. The Kier molecular flexibility index (Phi) is 4.51. The van der Waals surface area contributed by atoms with Gasteiger partial charge < -0.3 is 4.74 Å². The Bertz CT molecular complexity index is 435. The summed E-state index contributed by atoms with van der Waals surface area (Å²) in [7, 11) is 0. The summed E-state index contributed by atoms with van der Waals surface area (Å²) in [6.45, 7) is 4.04. The monoisotopic (exact) mass is 281 g/mol. The van der Waals surface area contributed by atoms with Gasteiger partial charge in [-0.15, -0.1) is 0 Å². The van der Waals surface area contributed by atoms with E-state index in [-0.39, 0.29) is 10.6 Å². The summed E-state index contributed by atoms with van der Waals surface area (Å²) >= 11 is 3.20. The number of nitrogens with zero attached hydrogens (tertiary/aromatic N) is 1. The van der Waals surface area contributed by atoms with E-state index in [4.69, 9.17) is 10.00 Å². The number of rotatable bonds is 4. The smallest absolute Gasteiger partial charge is 0.177 e. The van der Waals surface area contributed by atoms with Crippen LogP contribution in [0.25, 0.3) is 0 Å². The van der Waals surface area contributed by atoms with E-state index in [1.165, 1.54) is 0 Å². The van der Waals surface area contributed by atoms with Crippen LogP contribution in [0, 0.1) is 11.3 Å². The molecular weight excluding hydrogens is 270 g/mol. The first-order valence-corrected chi connectivity index (χ1v) is 5.87. The Labute approximate surface area is 103 Å². The van der Waals surface area contributed by atoms with Crippen LogP contribution in [0.1, 0.15) is 29.8 Å². The molecule has 0 N–H and O–H groups in total. The van der Waals surface area contributed by atoms with E-state index >= 15 is 0 Å². The molecule has 1 atom stereocenters. The molecule has 0 aliphatic rings. The number of alkyl halides is 1. The van der Waals surface area contributed by atoms with Gasteiger partial charge in [-0.25, -0.2) is 0 Å². The van der Waals surface area contributed by atoms with Crippen LogP contribution in [0.3, 0.4) is 0 Å². The van der Waals surface area contributed by atoms with E-state index in [0.29, 0.717) is 23.5 Å². The molecular formula is C12H12BrNO2. The minimum atomic E-state index is -0.309. The average molecular weight is 282 g/mol. The van der Waals surface area contributed by atoms with E-state index < -0.39 is 0 Å². The van der Waals surface area contributed by atoms with Crippen molar-refractivity contribution in [2.75, 3.05) is 6.61 Å². The highest BCUT2D eigenvalue weighted by molar-refractivity contribution is 9.10. The van der Waals surface area contributed by atoms with Gasteiger partial charge in [-0.3, -0.25) is 4.79 Å². The zero-order valence-corrected chi connectivity index (χ0v) is 10.7. The lowest BCUT2D eigenvalue weighted by Crippen LogP contribution is -2.12. The van der Waals surface area contributed by atoms with Crippen molar-refractivity contribution in [3.05, 3.63) is 29.3 Å². The molecule has 0 radical (unpaired) electrons. The van der Waals surface area contributed by atoms with Gasteiger partial charge >= 0.3 is 0 Å². The lowest BCUT2D eigenvalue weighted by atomic mass is 10.0. The molecule has 0 amide bonds. The second-order valence-electron chi connectivity index (χ2n) is 3.20. The fraction of sp³-hybridized carbons (Fsp3) is 0.333. The van der Waals surface area contributed by atoms with Gasteiger partial charge in [-0.2, -0.15) is 5.26 Å². The highest BCUT2D eigenvalue weighted by Gasteiger charge is 2.18. The van der Waals surface area contributed by atoms with Crippen molar-refractivity contribution in [2.45, 2.75) is 18.7 Å². The minimum Gasteiger partial charge on any atom is -0.492 e. The third-order valence-corrected chi connectivity index (χ3v) is 2.48. The molecule has 0 spiro atoms. The number of nitriles is 1. The number of ketones is 1. The van der Waals surface area contributed by atoms with Gasteiger partial charge in [0.05, 0.1) is 11.4 Å². The Morgan fingerprint density at radius 3 is 2.81 bits per heavy atom. The van der Waals surface area contributed by atoms with E-state index in [0.717, 1.165) is 0 Å². The van der Waals surface area contributed by atoms with Crippen molar-refractivity contribution in [1.29, 1.82) is 5.26 Å². The van der Waals surface area contributed by atoms with Crippen LogP contribution in [-0.4, -0.2) is 17.2 Å². The molecule has 0 fully saturated rings. The summed E-state index contributed by atoms with van der Waals surface area (Å²) in [6.07, 6.45) is 0. The Balaban J connectivity index is 3.25. The van der Waals surface area contributed by atoms with Gasteiger partial charge in [0.2, 0.25) is 0 Å². The first kappa shape index (κ1) is 12.7. The van der Waals surface area contributed by atoms with Crippen LogP contribution < -0.4 is 4.74 Å². The van der Waals surface area contributed by atoms with E-state index in [9.17, 15) is 4.79 Å². The summed E-state index contributed by atoms with van der Waals surface area (Å²) < 4.78 is 5.31. The standard InChI is InChI=1S/C12H12BrNO2/c1-3-16-11-6-4-5-9(10(11)7-14)12(15)8(2)13/h4-6,8H,3H2,1-2H3. The highest BCUT2D eigenvalue weighted by Crippen LogP contribution is 2.23. The number of benzene rings is 1. The maximum Gasteiger partial charge on any atom is 0.177 e. The third-order valence-electron chi connectivity index (χ3n) is 2.06. The number of ether oxygens (including phenoxy) is 1. The molecule has 3 nitrogen and oxygen atoms in total. The van der Waals surface area contributed by atoms with Crippen molar-refractivity contribution < 1.29 is 9.53 Å². The van der Waals surface area contributed by atoms with Crippen LogP contribution >= 0.6 is 15.9 Å². The molecule has 0 aromatic heterocycles. The van der Waals surface area contributed by atoms with Crippen LogP contribution in [0.2, 0.25) is 0 Å². The zero-order valence-electron chi connectivity index (χ0n) is 9.16. The van der Waals surface area contributed by atoms with Crippen LogP contribution in [0.5, 0.6) is 5.75 Å². The molecule has 0 saturated heterocycles. The van der Waals surface area contributed by atoms with Gasteiger partial charge in [0.1, 0.15) is 17.4 Å². The SMILES string of the molecule is CCOc1cccc(C(=O)C(C)Br)c1C#N. The zero-order chi connectivity index (χ0) is 12.1. The summed E-state index contributed by atoms with van der Waals surface area (Å²) in [5.74, 6) is 0.349. The highest BCUT2D eigenvalue weighted by atomic mass is 79.9. The first-order chi connectivity index (χ1) is 7.61. The first-order valence-electron chi connectivity index (χ1n) is 4.96. The number of carbonyl (C=O) groups is 1. The number of Topliss-reactive ketones (excluding diaryl/α,β-unsaturated/α-hetero) is 1. The Hall–Kier alpha value is -1.34. The topological polar surface area (TPSA) is 50.1 Å². The van der Waals surface area contributed by atoms with Crippen LogP contribution in [0.15, 0.2) is 18.2 Å². The largest absolute Gasteiger partial charge is 0.492 e. The molecule has 84 valence electrons. The third kappa shape index (κ3) is 2.61. The van der Waals surface area contributed by atoms with E-state index in [1.807, 2.05) is 13.0 Å². The Morgan fingerprint density at radius 2 is 2.31 bits per heavy atom. The van der Waals surface area contributed by atoms with Crippen LogP contribution in [0.4, 0.5) is 0 Å². The fourth-order valence-corrected chi connectivity index (χ4v) is 1.59. The van der Waals surface area contributed by atoms with Crippen molar-refractivity contribution in [1.82, 2.24) is 0 Å². The number of hydrogen-bond donors (Lipinski definition) is 0. The molecule has 0 aliphatic carbocycles. The molecule has 0 bridgehead atoms. The molecule has 4 heteroatoms. The molecule has 1 aromatic carbocycles. The van der Waals surface area contributed by atoms with Gasteiger partial charge in [0.25, 0.3) is 0 Å². The summed E-state index contributed by atoms with van der Waals surface area (Å²) in [4.78, 5) is 11.5. The lowest BCUT2D eigenvalue weighted by molar-refractivity contribution is 0.0995. The molecule has 0 saturated carbocycles. The summed E-state index contributed by atoms with van der Waals surface area (Å²) in [5, 5.41) is 9.06. The van der Waals surface area contributed by atoms with Gasteiger partial charge in [0, 0.05) is 5.56 Å². The fourth-order valence-electron chi connectivity index (χ4n) is 1.34. The van der Waals surface area contributed by atoms with Crippen LogP contribution in [-0.2, 0) is 0 Å². The molecule has 0 aliphatic heterocycles. The summed E-state index contributed by atoms with van der Waals surface area (Å²) in [5.41, 5.74) is 0.707. The van der Waals surface area contributed by atoms with E-state index in [1.54, 1.807) is 25.1 Å². The Morgan fingerprint density at radius 1 is 1.62 bits per heavy atom. The van der Waals surface area contributed by atoms with Crippen molar-refractivity contribution >= 4 is 21.7 Å². The van der Waals surface area contributed by atoms with Crippen molar-refractivity contribution in [3.63, 3.8) is 0 Å². The molecule has 1 rings (SSSR count). The van der Waals surface area contributed by atoms with Gasteiger partial charge in [0.15, 0.2) is 5.78 Å². The number of carbonyl (C=O) groups excluding carboxylic acids is 1. The second kappa shape index (κ2) is 5.66. The maximum atomic E-state index is 11.8. The second-order valence-corrected chi connectivity index (χ2v) is 4.58. The van der Waals surface area contributed by atoms with Crippen molar-refractivity contribution in [2.24, 2.45) is 0 Å². The predicted octanol–water partition coefficient (Wildman–Crippen LogP) is 2.92. The quantitative estimate of drug-likeness (QED) is 0.630. The maximum absolute atomic E-state index is 11.8. The number of hydrogen-bond acceptors (Lipinski definition) is 3. The van der Waals surface area contributed by atoms with Gasteiger partial charge in [-0.05, 0) is 26.0 Å². The normalized spacial score (nSPS) is 11.6. The molecule has 1 aromatic rings.